The number of nitrogens with zero attached hydrogens (tertiary/aromatic N) is 4. The van der Waals surface area contributed by atoms with Crippen molar-refractivity contribution in [3.05, 3.63) is 44.1 Å². The third kappa shape index (κ3) is 4.10. The summed E-state index contributed by atoms with van der Waals surface area (Å²) in [5, 5.41) is 12.7. The van der Waals surface area contributed by atoms with E-state index < -0.39 is 0 Å². The summed E-state index contributed by atoms with van der Waals surface area (Å²) < 4.78 is 2.26. The Bertz CT molecular complexity index is 1270. The number of rotatable bonds is 8. The smallest absolute Gasteiger partial charge is 0.259 e. The molecule has 4 aromatic heterocycles. The maximum absolute atomic E-state index is 12.9. The lowest BCUT2D eigenvalue weighted by molar-refractivity contribution is 0.561. The van der Waals surface area contributed by atoms with Gasteiger partial charge in [0.2, 0.25) is 0 Å². The molecule has 1 saturated carbocycles. The Morgan fingerprint density at radius 3 is 2.90 bits per heavy atom. The van der Waals surface area contributed by atoms with Crippen LogP contribution in [0.1, 0.15) is 55.4 Å². The van der Waals surface area contributed by atoms with E-state index in [9.17, 15) is 4.79 Å². The highest BCUT2D eigenvalue weighted by molar-refractivity contribution is 7.98. The Balaban J connectivity index is 1.42. The molecule has 162 valence electrons. The highest BCUT2D eigenvalue weighted by atomic mass is 32.2. The second-order valence-electron chi connectivity index (χ2n) is 8.22. The van der Waals surface area contributed by atoms with Crippen LogP contribution in [0.5, 0.6) is 0 Å². The molecule has 0 amide bonds. The monoisotopic (exact) mass is 471 g/mol. The summed E-state index contributed by atoms with van der Waals surface area (Å²) in [7, 11) is 0. The largest absolute Gasteiger partial charge is 0.309 e. The Morgan fingerprint density at radius 2 is 2.19 bits per heavy atom. The van der Waals surface area contributed by atoms with Crippen LogP contribution >= 0.6 is 34.4 Å². The lowest BCUT2D eigenvalue weighted by Gasteiger charge is -2.08. The van der Waals surface area contributed by atoms with Crippen molar-refractivity contribution in [2.24, 2.45) is 5.92 Å². The molecule has 4 aromatic rings. The predicted molar refractivity (Wildman–Crippen MR) is 129 cm³/mol. The first-order chi connectivity index (χ1) is 15.0. The van der Waals surface area contributed by atoms with Gasteiger partial charge in [-0.1, -0.05) is 38.1 Å². The number of fused-ring (bicyclic) bond motifs is 1. The zero-order valence-corrected chi connectivity index (χ0v) is 20.3. The van der Waals surface area contributed by atoms with Gasteiger partial charge < -0.3 is 4.98 Å². The van der Waals surface area contributed by atoms with E-state index in [1.54, 1.807) is 34.4 Å². The van der Waals surface area contributed by atoms with Crippen molar-refractivity contribution in [1.29, 1.82) is 0 Å². The molecule has 1 atom stereocenters. The molecule has 5 rings (SSSR count). The molecule has 0 aliphatic heterocycles. The fraction of sp³-hybridized carbons (Fsp3) is 0.455. The van der Waals surface area contributed by atoms with Crippen LogP contribution < -0.4 is 5.56 Å². The molecule has 0 spiro atoms. The predicted octanol–water partition coefficient (Wildman–Crippen LogP) is 5.83. The number of aromatic nitrogens is 5. The third-order valence-electron chi connectivity index (χ3n) is 5.82. The van der Waals surface area contributed by atoms with Crippen LogP contribution in [-0.2, 0) is 12.2 Å². The quantitative estimate of drug-likeness (QED) is 0.327. The van der Waals surface area contributed by atoms with Crippen molar-refractivity contribution < 1.29 is 0 Å². The average Bonchev–Trinajstić information content (AvgIpc) is 3.14. The van der Waals surface area contributed by atoms with Crippen molar-refractivity contribution in [2.75, 3.05) is 0 Å². The van der Waals surface area contributed by atoms with E-state index in [1.165, 1.54) is 17.7 Å². The summed E-state index contributed by atoms with van der Waals surface area (Å²) in [5.74, 6) is 2.76. The maximum atomic E-state index is 12.9. The molecule has 4 heterocycles. The molecule has 9 heteroatoms. The number of thioether (sulfide) groups is 1. The first-order valence-electron chi connectivity index (χ1n) is 10.7. The molecule has 1 fully saturated rings. The highest BCUT2D eigenvalue weighted by Crippen LogP contribution is 2.42. The van der Waals surface area contributed by atoms with Crippen molar-refractivity contribution in [2.45, 2.75) is 63.4 Å². The Labute approximate surface area is 193 Å². The van der Waals surface area contributed by atoms with Gasteiger partial charge in [-0.3, -0.25) is 9.36 Å². The molecule has 1 aliphatic rings. The average molecular weight is 472 g/mol. The van der Waals surface area contributed by atoms with Crippen LogP contribution in [-0.4, -0.2) is 24.7 Å². The van der Waals surface area contributed by atoms with Crippen molar-refractivity contribution in [3.8, 4) is 10.7 Å². The van der Waals surface area contributed by atoms with E-state index in [0.29, 0.717) is 23.5 Å². The lowest BCUT2D eigenvalue weighted by atomic mass is 9.98. The topological polar surface area (TPSA) is 76.5 Å². The molecular formula is C22H25N5OS3. The molecule has 1 aliphatic carbocycles. The lowest BCUT2D eigenvalue weighted by Crippen LogP contribution is -2.12. The van der Waals surface area contributed by atoms with Gasteiger partial charge in [-0.25, -0.2) is 4.98 Å². The maximum Gasteiger partial charge on any atom is 0.259 e. The summed E-state index contributed by atoms with van der Waals surface area (Å²) in [6, 6.07) is 4.61. The van der Waals surface area contributed by atoms with Crippen LogP contribution in [0.4, 0.5) is 0 Å². The molecule has 31 heavy (non-hydrogen) atoms. The first-order valence-corrected chi connectivity index (χ1v) is 13.4. The van der Waals surface area contributed by atoms with Crippen molar-refractivity contribution in [1.82, 2.24) is 24.7 Å². The standard InChI is InChI=1S/C22H25N5OS3/c1-4-12(2)10-15-13(3)31-21-18(15)20(28)23-17(24-21)11-30-22-26-25-19(16-6-5-9-29-16)27(22)14-7-8-14/h5-6,9,12,14H,4,7-8,10-11H2,1-3H3,(H,23,24,28). The van der Waals surface area contributed by atoms with Crippen molar-refractivity contribution >= 4 is 44.7 Å². The number of thiophene rings is 2. The van der Waals surface area contributed by atoms with Crippen LogP contribution in [0.3, 0.4) is 0 Å². The molecule has 1 unspecified atom stereocenters. The van der Waals surface area contributed by atoms with Crippen LogP contribution in [0.15, 0.2) is 27.5 Å². The zero-order chi connectivity index (χ0) is 21.5. The van der Waals surface area contributed by atoms with Gasteiger partial charge in [0.1, 0.15) is 10.7 Å². The molecule has 6 nitrogen and oxygen atoms in total. The van der Waals surface area contributed by atoms with E-state index >= 15 is 0 Å². The van der Waals surface area contributed by atoms with Crippen LogP contribution in [0, 0.1) is 12.8 Å². The van der Waals surface area contributed by atoms with E-state index in [2.05, 4.69) is 52.0 Å². The normalized spacial score (nSPS) is 15.1. The molecule has 0 aromatic carbocycles. The van der Waals surface area contributed by atoms with Gasteiger partial charge in [-0.2, -0.15) is 0 Å². The molecule has 0 bridgehead atoms. The fourth-order valence-corrected chi connectivity index (χ4v) is 6.42. The summed E-state index contributed by atoms with van der Waals surface area (Å²) in [6.07, 6.45) is 4.36. The van der Waals surface area contributed by atoms with Gasteiger partial charge in [0.25, 0.3) is 5.56 Å². The van der Waals surface area contributed by atoms with Crippen LogP contribution in [0.2, 0.25) is 0 Å². The molecule has 1 N–H and O–H groups in total. The number of aromatic amines is 1. The van der Waals surface area contributed by atoms with E-state index in [0.717, 1.165) is 44.5 Å². The number of hydrogen-bond acceptors (Lipinski definition) is 7. The minimum absolute atomic E-state index is 0.0220. The number of hydrogen-bond donors (Lipinski definition) is 1. The van der Waals surface area contributed by atoms with Crippen LogP contribution in [0.25, 0.3) is 20.9 Å². The molecular weight excluding hydrogens is 446 g/mol. The minimum Gasteiger partial charge on any atom is -0.309 e. The van der Waals surface area contributed by atoms with Gasteiger partial charge in [-0.15, -0.1) is 32.9 Å². The fourth-order valence-electron chi connectivity index (χ4n) is 3.77. The minimum atomic E-state index is -0.0220. The summed E-state index contributed by atoms with van der Waals surface area (Å²) in [4.78, 5) is 23.9. The Morgan fingerprint density at radius 1 is 1.35 bits per heavy atom. The van der Waals surface area contributed by atoms with E-state index in [4.69, 9.17) is 4.98 Å². The number of H-pyrrole nitrogens is 1. The van der Waals surface area contributed by atoms with E-state index in [-0.39, 0.29) is 5.56 Å². The second-order valence-corrected chi connectivity index (χ2v) is 11.3. The van der Waals surface area contributed by atoms with Gasteiger partial charge in [0, 0.05) is 10.9 Å². The van der Waals surface area contributed by atoms with Gasteiger partial charge in [0.05, 0.1) is 16.0 Å². The molecule has 0 radical (unpaired) electrons. The van der Waals surface area contributed by atoms with Crippen molar-refractivity contribution in [3.63, 3.8) is 0 Å². The number of aryl methyl sites for hydroxylation is 1. The summed E-state index contributed by atoms with van der Waals surface area (Å²) in [6.45, 7) is 6.52. The summed E-state index contributed by atoms with van der Waals surface area (Å²) >= 11 is 4.91. The van der Waals surface area contributed by atoms with Gasteiger partial charge in [-0.05, 0) is 49.1 Å². The second kappa shape index (κ2) is 8.52. The zero-order valence-electron chi connectivity index (χ0n) is 17.8. The Kier molecular flexibility index (Phi) is 5.75. The summed E-state index contributed by atoms with van der Waals surface area (Å²) in [5.41, 5.74) is 1.14. The number of nitrogens with one attached hydrogen (secondary N) is 1. The van der Waals surface area contributed by atoms with Gasteiger partial charge >= 0.3 is 0 Å². The SMILES string of the molecule is CCC(C)Cc1c(C)sc2nc(CSc3nnc(-c4cccs4)n3C3CC3)[nH]c(=O)c12. The Hall–Kier alpha value is -1.97. The third-order valence-corrected chi connectivity index (χ3v) is 8.68. The molecule has 0 saturated heterocycles. The highest BCUT2D eigenvalue weighted by Gasteiger charge is 2.30. The van der Waals surface area contributed by atoms with Gasteiger partial charge in [0.15, 0.2) is 11.0 Å². The van der Waals surface area contributed by atoms with E-state index in [1.807, 2.05) is 6.07 Å². The first kappa shape index (κ1) is 20.9.